The van der Waals surface area contributed by atoms with Crippen LogP contribution in [-0.4, -0.2) is 44.7 Å². The first-order valence-corrected chi connectivity index (χ1v) is 7.72. The Morgan fingerprint density at radius 3 is 2.79 bits per heavy atom. The van der Waals surface area contributed by atoms with Gasteiger partial charge in [0.2, 0.25) is 5.91 Å². The number of aromatic nitrogens is 4. The maximum Gasteiger partial charge on any atom is 0.347 e. The van der Waals surface area contributed by atoms with Crippen molar-refractivity contribution in [3.63, 3.8) is 0 Å². The van der Waals surface area contributed by atoms with Gasteiger partial charge in [-0.05, 0) is 26.0 Å². The van der Waals surface area contributed by atoms with Gasteiger partial charge in [-0.2, -0.15) is 10.1 Å². The van der Waals surface area contributed by atoms with Crippen molar-refractivity contribution in [2.45, 2.75) is 40.0 Å². The summed E-state index contributed by atoms with van der Waals surface area (Å²) in [6.45, 7) is 4.79. The van der Waals surface area contributed by atoms with Crippen molar-refractivity contribution >= 4 is 5.91 Å². The average Bonchev–Trinajstić information content (AvgIpc) is 2.93. The van der Waals surface area contributed by atoms with Crippen molar-refractivity contribution < 1.29 is 9.53 Å². The lowest BCUT2D eigenvalue weighted by Gasteiger charge is -2.17. The Hall–Kier alpha value is -2.48. The van der Waals surface area contributed by atoms with Crippen molar-refractivity contribution in [1.82, 2.24) is 24.6 Å². The standard InChI is InChI=1S/C16H23N5O3/c1-11-7-12(2)21(16(23)17-11)6-5-15(22)20(3)9-13-8-14(10-24-4)19-18-13/h7-8H,5-6,9-10H2,1-4H3,(H,18,19). The van der Waals surface area contributed by atoms with E-state index in [9.17, 15) is 9.59 Å². The molecule has 2 rings (SSSR count). The van der Waals surface area contributed by atoms with Gasteiger partial charge < -0.3 is 9.64 Å². The number of amides is 1. The highest BCUT2D eigenvalue weighted by atomic mass is 16.5. The van der Waals surface area contributed by atoms with E-state index in [4.69, 9.17) is 4.74 Å². The Bertz CT molecular complexity index is 765. The van der Waals surface area contributed by atoms with Crippen LogP contribution in [0.3, 0.4) is 0 Å². The van der Waals surface area contributed by atoms with Crippen molar-refractivity contribution in [3.8, 4) is 0 Å². The minimum absolute atomic E-state index is 0.0511. The number of carbonyl (C=O) groups is 1. The molecule has 0 aliphatic heterocycles. The van der Waals surface area contributed by atoms with Gasteiger partial charge in [-0.1, -0.05) is 0 Å². The van der Waals surface area contributed by atoms with Crippen LogP contribution in [0.4, 0.5) is 0 Å². The SMILES string of the molecule is COCc1cc(CN(C)C(=O)CCn2c(C)cc(C)nc2=O)[nH]n1. The van der Waals surface area contributed by atoms with Crippen LogP contribution in [0.5, 0.6) is 0 Å². The lowest BCUT2D eigenvalue weighted by Crippen LogP contribution is -2.31. The molecule has 0 aromatic carbocycles. The number of carbonyl (C=O) groups excluding carboxylic acids is 1. The Morgan fingerprint density at radius 1 is 1.38 bits per heavy atom. The third-order valence-corrected chi connectivity index (χ3v) is 3.71. The predicted octanol–water partition coefficient (Wildman–Crippen LogP) is 0.778. The maximum atomic E-state index is 12.3. The van der Waals surface area contributed by atoms with Crippen LogP contribution in [0.25, 0.3) is 0 Å². The van der Waals surface area contributed by atoms with Gasteiger partial charge in [-0.15, -0.1) is 0 Å². The number of H-pyrrole nitrogens is 1. The summed E-state index contributed by atoms with van der Waals surface area (Å²) in [7, 11) is 3.33. The summed E-state index contributed by atoms with van der Waals surface area (Å²) in [5.74, 6) is -0.0511. The topological polar surface area (TPSA) is 93.1 Å². The molecule has 8 heteroatoms. The van der Waals surface area contributed by atoms with E-state index in [0.717, 1.165) is 17.1 Å². The Morgan fingerprint density at radius 2 is 2.12 bits per heavy atom. The largest absolute Gasteiger partial charge is 0.378 e. The smallest absolute Gasteiger partial charge is 0.347 e. The van der Waals surface area contributed by atoms with Crippen LogP contribution in [0.1, 0.15) is 29.2 Å². The van der Waals surface area contributed by atoms with E-state index in [2.05, 4.69) is 15.2 Å². The molecule has 0 saturated heterocycles. The molecule has 0 radical (unpaired) electrons. The molecule has 0 spiro atoms. The van der Waals surface area contributed by atoms with Crippen LogP contribution in [0.2, 0.25) is 0 Å². The molecule has 0 unspecified atom stereocenters. The summed E-state index contributed by atoms with van der Waals surface area (Å²) in [6, 6.07) is 3.70. The highest BCUT2D eigenvalue weighted by Gasteiger charge is 2.12. The van der Waals surface area contributed by atoms with Gasteiger partial charge in [0, 0.05) is 38.5 Å². The number of nitrogens with zero attached hydrogens (tertiary/aromatic N) is 4. The Balaban J connectivity index is 1.93. The summed E-state index contributed by atoms with van der Waals surface area (Å²) < 4.78 is 6.53. The average molecular weight is 333 g/mol. The van der Waals surface area contributed by atoms with E-state index in [-0.39, 0.29) is 18.0 Å². The zero-order valence-electron chi connectivity index (χ0n) is 14.5. The van der Waals surface area contributed by atoms with E-state index < -0.39 is 0 Å². The van der Waals surface area contributed by atoms with Crippen LogP contribution in [-0.2, 0) is 29.2 Å². The first-order valence-electron chi connectivity index (χ1n) is 7.72. The third-order valence-electron chi connectivity index (χ3n) is 3.71. The number of hydrogen-bond acceptors (Lipinski definition) is 5. The molecule has 8 nitrogen and oxygen atoms in total. The van der Waals surface area contributed by atoms with Crippen LogP contribution < -0.4 is 5.69 Å². The first kappa shape index (κ1) is 17.9. The summed E-state index contributed by atoms with van der Waals surface area (Å²) in [5, 5.41) is 6.99. The molecule has 0 fully saturated rings. The molecule has 0 bridgehead atoms. The number of aromatic amines is 1. The highest BCUT2D eigenvalue weighted by Crippen LogP contribution is 2.06. The molecule has 24 heavy (non-hydrogen) atoms. The van der Waals surface area contributed by atoms with Gasteiger partial charge >= 0.3 is 5.69 Å². The zero-order chi connectivity index (χ0) is 17.7. The van der Waals surface area contributed by atoms with E-state index in [1.807, 2.05) is 19.1 Å². The molecule has 0 aliphatic carbocycles. The lowest BCUT2D eigenvalue weighted by molar-refractivity contribution is -0.130. The van der Waals surface area contributed by atoms with E-state index in [0.29, 0.717) is 25.4 Å². The van der Waals surface area contributed by atoms with Crippen LogP contribution in [0, 0.1) is 13.8 Å². The monoisotopic (exact) mass is 333 g/mol. The number of methoxy groups -OCH3 is 1. The van der Waals surface area contributed by atoms with Gasteiger partial charge in [0.25, 0.3) is 0 Å². The maximum absolute atomic E-state index is 12.3. The summed E-state index contributed by atoms with van der Waals surface area (Å²) in [6.07, 6.45) is 0.237. The Kier molecular flexibility index (Phi) is 5.86. The quantitative estimate of drug-likeness (QED) is 0.808. The van der Waals surface area contributed by atoms with Crippen molar-refractivity contribution in [2.75, 3.05) is 14.2 Å². The van der Waals surface area contributed by atoms with Crippen molar-refractivity contribution in [2.24, 2.45) is 0 Å². The molecule has 130 valence electrons. The van der Waals surface area contributed by atoms with Crippen molar-refractivity contribution in [1.29, 1.82) is 0 Å². The Labute approximate surface area is 140 Å². The number of ether oxygens (including phenoxy) is 1. The van der Waals surface area contributed by atoms with Gasteiger partial charge in [0.1, 0.15) is 0 Å². The first-order chi connectivity index (χ1) is 11.4. The molecule has 1 amide bonds. The highest BCUT2D eigenvalue weighted by molar-refractivity contribution is 5.75. The summed E-state index contributed by atoms with van der Waals surface area (Å²) in [5.41, 5.74) is 2.80. The lowest BCUT2D eigenvalue weighted by atomic mass is 10.3. The number of aryl methyl sites for hydroxylation is 2. The fourth-order valence-corrected chi connectivity index (χ4v) is 2.50. The fourth-order valence-electron chi connectivity index (χ4n) is 2.50. The number of nitrogens with one attached hydrogen (secondary N) is 1. The normalized spacial score (nSPS) is 10.8. The molecule has 0 aliphatic rings. The molecular formula is C16H23N5O3. The van der Waals surface area contributed by atoms with Crippen LogP contribution in [0.15, 0.2) is 16.9 Å². The summed E-state index contributed by atoms with van der Waals surface area (Å²) in [4.78, 5) is 29.7. The van der Waals surface area contributed by atoms with E-state index in [1.54, 1.807) is 26.0 Å². The molecule has 2 aromatic rings. The number of rotatable bonds is 7. The minimum atomic E-state index is -0.319. The molecule has 2 aromatic heterocycles. The minimum Gasteiger partial charge on any atom is -0.378 e. The molecule has 0 saturated carbocycles. The molecular weight excluding hydrogens is 310 g/mol. The van der Waals surface area contributed by atoms with Gasteiger partial charge in [0.15, 0.2) is 0 Å². The second-order valence-electron chi connectivity index (χ2n) is 5.79. The van der Waals surface area contributed by atoms with E-state index >= 15 is 0 Å². The summed E-state index contributed by atoms with van der Waals surface area (Å²) >= 11 is 0. The van der Waals surface area contributed by atoms with E-state index in [1.165, 1.54) is 4.57 Å². The fraction of sp³-hybridized carbons (Fsp3) is 0.500. The number of hydrogen-bond donors (Lipinski definition) is 1. The van der Waals surface area contributed by atoms with Gasteiger partial charge in [-0.3, -0.25) is 14.5 Å². The predicted molar refractivity (Wildman–Crippen MR) is 88.4 cm³/mol. The molecule has 1 N–H and O–H groups in total. The van der Waals surface area contributed by atoms with Gasteiger partial charge in [0.05, 0.1) is 24.5 Å². The second kappa shape index (κ2) is 7.87. The second-order valence-corrected chi connectivity index (χ2v) is 5.79. The van der Waals surface area contributed by atoms with Crippen molar-refractivity contribution in [3.05, 3.63) is 45.4 Å². The van der Waals surface area contributed by atoms with Gasteiger partial charge in [-0.25, -0.2) is 4.79 Å². The third kappa shape index (κ3) is 4.51. The molecule has 0 atom stereocenters. The molecule has 2 heterocycles. The zero-order valence-corrected chi connectivity index (χ0v) is 14.5. The van der Waals surface area contributed by atoms with Crippen LogP contribution >= 0.6 is 0 Å².